The third kappa shape index (κ3) is 53.2. The van der Waals surface area contributed by atoms with Gasteiger partial charge in [-0.2, -0.15) is 0 Å². The zero-order valence-corrected chi connectivity index (χ0v) is 51.1. The first kappa shape index (κ1) is 94.9. The van der Waals surface area contributed by atoms with Crippen molar-refractivity contribution in [2.24, 2.45) is 0 Å². The van der Waals surface area contributed by atoms with Gasteiger partial charge in [0.05, 0.1) is 98.1 Å². The molecule has 44 heteroatoms. The van der Waals surface area contributed by atoms with Gasteiger partial charge in [0.25, 0.3) is 0 Å². The normalized spacial score (nSPS) is 12.5. The molecule has 0 heterocycles. The minimum absolute atomic E-state index is 0. The van der Waals surface area contributed by atoms with Gasteiger partial charge in [-0.3, -0.25) is 38.4 Å². The van der Waals surface area contributed by atoms with Gasteiger partial charge in [-0.1, -0.05) is 0 Å². The molecule has 0 aromatic carbocycles. The number of carboxylic acid groups (broad SMARTS) is 8. The molecule has 0 aliphatic heterocycles. The average molecular weight is 1400 g/mol. The molecule has 0 aromatic heterocycles. The average Bonchev–Trinajstić information content (AvgIpc) is 3.39. The van der Waals surface area contributed by atoms with E-state index in [2.05, 4.69) is 94.7 Å². The van der Waals surface area contributed by atoms with Crippen molar-refractivity contribution in [2.75, 3.05) is 49.2 Å². The molecule has 485 valence electrons. The third-order valence-electron chi connectivity index (χ3n) is 9.11. The number of hydrogen-bond donors (Lipinski definition) is 12. The topological polar surface area (TPSA) is 664 Å². The number of quaternary nitrogens is 4. The van der Waals surface area contributed by atoms with Gasteiger partial charge in [0, 0.05) is 68.4 Å². The minimum atomic E-state index is -1.47. The van der Waals surface area contributed by atoms with Gasteiger partial charge >= 0.3 is 17.1 Å². The molecule has 36 nitrogen and oxygen atoms in total. The Morgan fingerprint density at radius 2 is 0.464 bits per heavy atom. The quantitative estimate of drug-likeness (QED) is 0.0157. The van der Waals surface area contributed by atoms with E-state index in [4.69, 9.17) is 0 Å². The molecule has 0 saturated carbocycles. The number of aliphatic carboxylic acids is 8. The van der Waals surface area contributed by atoms with Crippen molar-refractivity contribution < 1.29 is 175 Å². The molecular weight excluding hydrogens is 1340 g/mol. The van der Waals surface area contributed by atoms with E-state index in [-0.39, 0.29) is 136 Å². The zero-order chi connectivity index (χ0) is 62.8. The van der Waals surface area contributed by atoms with Crippen LogP contribution in [-0.2, 0) is 188 Å². The summed E-state index contributed by atoms with van der Waals surface area (Å²) >= 11 is 18.7. The molecular formula is C40H62Fe2N12O24S6-7. The van der Waals surface area contributed by atoms with E-state index < -0.39 is 170 Å². The molecule has 0 rings (SSSR count). The summed E-state index contributed by atoms with van der Waals surface area (Å²) in [5, 5.41) is 99.5. The van der Waals surface area contributed by atoms with Crippen molar-refractivity contribution in [3.05, 3.63) is 0 Å². The summed E-state index contributed by atoms with van der Waals surface area (Å²) in [4.78, 5) is 174. The summed E-state index contributed by atoms with van der Waals surface area (Å²) in [5.74, 6) is -17.3. The minimum Gasteiger partial charge on any atom is -0.813 e. The number of nitrogens with one attached hydrogen (secondary N) is 8. The number of carbonyl (C=O) groups is 16. The maximum Gasteiger partial charge on any atom is 3.00 e. The van der Waals surface area contributed by atoms with E-state index in [9.17, 15) is 118 Å². The Morgan fingerprint density at radius 3 is 0.571 bits per heavy atom. The Kier molecular flexibility index (Phi) is 62.5. The van der Waals surface area contributed by atoms with E-state index in [0.717, 1.165) is 0 Å². The van der Waals surface area contributed by atoms with E-state index in [1.165, 1.54) is 0 Å². The number of rotatable bonds is 36. The van der Waals surface area contributed by atoms with E-state index in [0.29, 0.717) is 0 Å². The van der Waals surface area contributed by atoms with Crippen LogP contribution in [0.5, 0.6) is 0 Å². The van der Waals surface area contributed by atoms with Gasteiger partial charge in [0.2, 0.25) is 47.3 Å². The molecule has 0 unspecified atom stereocenters. The van der Waals surface area contributed by atoms with E-state index in [1.807, 2.05) is 21.3 Å². The fourth-order valence-corrected chi connectivity index (χ4v) is 5.56. The van der Waals surface area contributed by atoms with Crippen LogP contribution in [-0.4, -0.2) is 193 Å². The number of thiol groups is 2. The van der Waals surface area contributed by atoms with E-state index >= 15 is 0 Å². The van der Waals surface area contributed by atoms with Crippen molar-refractivity contribution in [2.45, 2.75) is 99.7 Å². The Bertz CT molecular complexity index is 1870. The second kappa shape index (κ2) is 55.4. The molecule has 8 amide bonds. The van der Waals surface area contributed by atoms with E-state index in [1.54, 1.807) is 0 Å². The van der Waals surface area contributed by atoms with Crippen molar-refractivity contribution in [1.82, 2.24) is 42.5 Å². The van der Waals surface area contributed by atoms with Crippen molar-refractivity contribution >= 4 is 173 Å². The largest absolute Gasteiger partial charge is 3.00 e. The molecule has 0 fully saturated rings. The van der Waals surface area contributed by atoms with Gasteiger partial charge in [-0.25, -0.2) is 0 Å². The van der Waals surface area contributed by atoms with Crippen LogP contribution in [0.25, 0.3) is 0 Å². The van der Waals surface area contributed by atoms with Crippen LogP contribution in [0.4, 0.5) is 0 Å². The molecule has 0 bridgehead atoms. The summed E-state index contributed by atoms with van der Waals surface area (Å²) < 4.78 is 0. The van der Waals surface area contributed by atoms with Crippen LogP contribution in [0.3, 0.4) is 0 Å². The molecule has 20 N–H and O–H groups in total. The second-order valence-corrected chi connectivity index (χ2v) is 17.1. The molecule has 1 radical (unpaired) electrons. The summed E-state index contributed by atoms with van der Waals surface area (Å²) in [6, 6.07) is -8.40. The summed E-state index contributed by atoms with van der Waals surface area (Å²) in [7, 11) is 0. The van der Waals surface area contributed by atoms with Crippen LogP contribution in [0, 0.1) is 0 Å². The van der Waals surface area contributed by atoms with Gasteiger partial charge in [-0.05, 0) is 0 Å². The second-order valence-electron chi connectivity index (χ2n) is 15.7. The first-order valence-corrected chi connectivity index (χ1v) is 25.0. The number of amides is 8. The van der Waals surface area contributed by atoms with Gasteiger partial charge in [-0.15, -0.1) is 23.0 Å². The Hall–Kier alpha value is -5.50. The van der Waals surface area contributed by atoms with Crippen LogP contribution < -0.4 is 106 Å². The number of carboxylic acids is 8. The maximum absolute atomic E-state index is 11.5. The Morgan fingerprint density at radius 1 is 0.321 bits per heavy atom. The number of hydrogen-bond acceptors (Lipinski definition) is 30. The summed E-state index contributed by atoms with van der Waals surface area (Å²) in [6.07, 6.45) is -0.830. The monoisotopic (exact) mass is 1400 g/mol. The molecule has 8 atom stereocenters. The van der Waals surface area contributed by atoms with Crippen LogP contribution in [0.1, 0.15) is 51.4 Å². The zero-order valence-electron chi connectivity index (χ0n) is 43.8. The summed E-state index contributed by atoms with van der Waals surface area (Å²) in [6.45, 7) is -2.75. The Labute approximate surface area is 535 Å². The summed E-state index contributed by atoms with van der Waals surface area (Å²) in [5.41, 5.74) is 13.1. The first-order chi connectivity index (χ1) is 37.1. The first-order valence-electron chi connectivity index (χ1n) is 22.7. The smallest absolute Gasteiger partial charge is 0.813 e. The van der Waals surface area contributed by atoms with Gasteiger partial charge < -0.3 is 222 Å². The molecule has 0 aromatic rings. The van der Waals surface area contributed by atoms with Crippen LogP contribution in [0.15, 0.2) is 0 Å². The Balaban J connectivity index is -0.000000150. The molecule has 0 saturated heterocycles. The fraction of sp³-hybridized carbons (Fsp3) is 0.600. The fourth-order valence-electron chi connectivity index (χ4n) is 4.62. The van der Waals surface area contributed by atoms with Crippen molar-refractivity contribution in [1.29, 1.82) is 0 Å². The molecule has 0 aliphatic rings. The van der Waals surface area contributed by atoms with Crippen LogP contribution >= 0.6 is 0 Å². The number of carbonyl (C=O) groups excluding carboxylic acids is 16. The molecule has 0 aliphatic carbocycles. The van der Waals surface area contributed by atoms with Crippen LogP contribution in [0.2, 0.25) is 0 Å². The van der Waals surface area contributed by atoms with Gasteiger partial charge in [0.1, 0.15) is 24.2 Å². The predicted octanol–water partition coefficient (Wildman–Crippen LogP) is -24.4. The third-order valence-corrected chi connectivity index (χ3v) is 10.4. The maximum atomic E-state index is 11.5. The van der Waals surface area contributed by atoms with Crippen molar-refractivity contribution in [3.63, 3.8) is 0 Å². The SMILES string of the molecule is [Fe+3].[Fe].[NH3+][C@@H](CCC(=O)N[C@@H](C[S-])C(=O)NCC(=O)[O-])C(=O)[O-].[NH3+][C@@H](CCC(=O)N[C@@H](C[S-])C(=O)NCC(=O)[O-])C(=O)[O-].[NH3+][C@@H](CCC(=O)N[C@@H](C[S-])C(=O)NCC(=O)[O-])C(=O)[O-].[NH3+][C@@H](CCC(=O)N[C@@H](C[S-])C(=O)NCC(=O)[O-])C(=O)[O-].[SH-].[SH-]. The van der Waals surface area contributed by atoms with Crippen molar-refractivity contribution in [3.8, 4) is 0 Å². The van der Waals surface area contributed by atoms with Gasteiger partial charge in [0.15, 0.2) is 0 Å². The molecule has 0 spiro atoms. The predicted molar refractivity (Wildman–Crippen MR) is 270 cm³/mol. The standard InChI is InChI=1S/4C10H17N3O6S.2Fe.2H2S/c4*11-5(10(18)19)1-2-7(14)13-6(4-20)9(17)12-3-8(15)16;;;;/h4*5-6,20H,1-4,11H2,(H,12,17)(H,13,14)(H,15,16)(H,18,19);;;2*1H2/q;;;;;+3;;/p-10/t4*5-,6-;;;;/m0000..../s1. The molecule has 84 heavy (non-hydrogen) atoms.